The highest BCUT2D eigenvalue weighted by molar-refractivity contribution is 7.89. The Kier molecular flexibility index (Phi) is 13.9. The van der Waals surface area contributed by atoms with Gasteiger partial charge < -0.3 is 44.8 Å². The van der Waals surface area contributed by atoms with Gasteiger partial charge in [-0.25, -0.2) is 4.18 Å². The van der Waals surface area contributed by atoms with Crippen LogP contribution in [0.25, 0.3) is 0 Å². The quantitative estimate of drug-likeness (QED) is 0.0461. The van der Waals surface area contributed by atoms with E-state index in [1.807, 2.05) is 0 Å². The summed E-state index contributed by atoms with van der Waals surface area (Å²) in [5.41, 5.74) is 0. The first-order valence-corrected chi connectivity index (χ1v) is 12.4. The van der Waals surface area contributed by atoms with E-state index in [1.165, 1.54) is 14.0 Å². The number of methoxy groups -OCH3 is 1. The molecular weight excluding hydrogens is 568 g/mol. The van der Waals surface area contributed by atoms with Gasteiger partial charge in [-0.05, 0) is 6.92 Å². The fourth-order valence-corrected chi connectivity index (χ4v) is 4.60. The minimum Gasteiger partial charge on any atom is -0.691 e. The van der Waals surface area contributed by atoms with E-state index in [0.29, 0.717) is 0 Å². The highest BCUT2D eigenvalue weighted by Gasteiger charge is 2.52. The summed E-state index contributed by atoms with van der Waals surface area (Å²) in [6.07, 6.45) is -14.0. The molecule has 0 aromatic carbocycles. The molecule has 0 amide bonds. The maximum Gasteiger partial charge on any atom is 0.397 e. The Hall–Kier alpha value is -0.0300. The van der Waals surface area contributed by atoms with Crippen LogP contribution in [-0.2, 0) is 60.6 Å². The number of hydrogen-bond donors (Lipinski definition) is 4. The van der Waals surface area contributed by atoms with Gasteiger partial charge in [-0.15, -0.1) is 8.67 Å². The second kappa shape index (κ2) is 15.5. The molecule has 0 spiro atoms. The van der Waals surface area contributed by atoms with Crippen molar-refractivity contribution in [2.24, 2.45) is 0 Å². The van der Waals surface area contributed by atoms with Crippen molar-refractivity contribution in [3.05, 3.63) is 0 Å². The normalized spacial score (nSPS) is 37.8. The first-order valence-electron chi connectivity index (χ1n) is 9.73. The molecule has 0 bridgehead atoms. The van der Waals surface area contributed by atoms with Crippen LogP contribution in [-0.4, -0.2) is 110 Å². The van der Waals surface area contributed by atoms with Crippen LogP contribution in [0, 0.1) is 0 Å². The second-order valence-electron chi connectivity index (χ2n) is 7.13. The summed E-state index contributed by atoms with van der Waals surface area (Å²) < 4.78 is 75.9. The van der Waals surface area contributed by atoms with Crippen LogP contribution in [0.4, 0.5) is 0 Å². The van der Waals surface area contributed by atoms with Gasteiger partial charge in [0.15, 0.2) is 37.0 Å². The first kappa shape index (κ1) is 32.2. The predicted molar refractivity (Wildman–Crippen MR) is 105 cm³/mol. The molecule has 2 fully saturated rings. The number of aliphatic hydroxyl groups is 3. The summed E-state index contributed by atoms with van der Waals surface area (Å²) in [6, 6.07) is 0. The Labute approximate surface area is 212 Å². The van der Waals surface area contributed by atoms with Crippen molar-refractivity contribution in [1.29, 1.82) is 0 Å². The van der Waals surface area contributed by atoms with E-state index in [-0.39, 0.29) is 24.6 Å². The third kappa shape index (κ3) is 9.02. The van der Waals surface area contributed by atoms with Gasteiger partial charge in [0.25, 0.3) is 0 Å². The predicted octanol–water partition coefficient (Wildman–Crippen LogP) is -4.22. The van der Waals surface area contributed by atoms with Crippen LogP contribution in [0.2, 0.25) is 0 Å². The molecule has 4 unspecified atom stereocenters. The summed E-state index contributed by atoms with van der Waals surface area (Å²) in [5.74, 6) is 0. The van der Waals surface area contributed by atoms with Gasteiger partial charge in [0.05, 0.1) is 19.3 Å². The molecular formula is C14H24O19S3-2. The fraction of sp³-hybridized carbons (Fsp3) is 1.00. The number of aliphatic hydroxyl groups excluding tert-OH is 3. The minimum atomic E-state index is -4.93. The Morgan fingerprint density at radius 3 is 2.06 bits per heavy atom. The molecule has 4 N–H and O–H groups in total. The van der Waals surface area contributed by atoms with E-state index in [1.54, 1.807) is 0 Å². The lowest BCUT2D eigenvalue weighted by molar-refractivity contribution is -0.778. The molecule has 2 saturated heterocycles. The maximum atomic E-state index is 11.1. The van der Waals surface area contributed by atoms with Crippen molar-refractivity contribution in [2.45, 2.75) is 68.1 Å². The SMILES string of the molecule is COC1[C@H](O)C(CO)O[C@@H](O[C@@H]2C(COS(=O)(=O)O)O[C@@H](C)[C@@H](OSOO[O-])C2O)[C@H]1OSOO[O-]. The lowest BCUT2D eigenvalue weighted by Crippen LogP contribution is -2.64. The molecule has 2 aliphatic rings. The summed E-state index contributed by atoms with van der Waals surface area (Å²) >= 11 is 0.0720. The van der Waals surface area contributed by atoms with Crippen LogP contribution in [0.5, 0.6) is 0 Å². The van der Waals surface area contributed by atoms with Crippen molar-refractivity contribution < 1.29 is 89.0 Å². The number of ether oxygens (including phenoxy) is 4. The van der Waals surface area contributed by atoms with Crippen LogP contribution < -0.4 is 10.5 Å². The van der Waals surface area contributed by atoms with E-state index in [9.17, 15) is 34.3 Å². The maximum absolute atomic E-state index is 11.1. The zero-order chi connectivity index (χ0) is 26.9. The first-order chi connectivity index (χ1) is 17.1. The van der Waals surface area contributed by atoms with Crippen molar-refractivity contribution in [2.75, 3.05) is 20.3 Å². The highest BCUT2D eigenvalue weighted by atomic mass is 32.3. The Morgan fingerprint density at radius 2 is 1.53 bits per heavy atom. The van der Waals surface area contributed by atoms with Gasteiger partial charge in [0.1, 0.15) is 42.7 Å². The fourth-order valence-electron chi connectivity index (χ4n) is 3.53. The summed E-state index contributed by atoms with van der Waals surface area (Å²) in [4.78, 5) is 0. The molecule has 2 rings (SSSR count). The van der Waals surface area contributed by atoms with Crippen LogP contribution in [0.15, 0.2) is 0 Å². The average molecular weight is 593 g/mol. The number of rotatable bonds is 15. The van der Waals surface area contributed by atoms with Crippen LogP contribution in [0.3, 0.4) is 0 Å². The largest absolute Gasteiger partial charge is 0.691 e. The summed E-state index contributed by atoms with van der Waals surface area (Å²) in [7, 11) is -3.75. The van der Waals surface area contributed by atoms with E-state index >= 15 is 0 Å². The van der Waals surface area contributed by atoms with Gasteiger partial charge >= 0.3 is 10.4 Å². The third-order valence-corrected chi connectivity index (χ3v) is 6.30. The van der Waals surface area contributed by atoms with Gasteiger partial charge in [-0.1, -0.05) is 0 Å². The van der Waals surface area contributed by atoms with Gasteiger partial charge in [-0.2, -0.15) is 8.42 Å². The monoisotopic (exact) mass is 592 g/mol. The lowest BCUT2D eigenvalue weighted by atomic mass is 9.95. The molecule has 0 aromatic heterocycles. The Balaban J connectivity index is 2.31. The summed E-state index contributed by atoms with van der Waals surface area (Å²) in [6.45, 7) is -0.168. The topological polar surface area (TPSA) is 263 Å². The molecule has 2 heterocycles. The Morgan fingerprint density at radius 1 is 0.917 bits per heavy atom. The molecule has 0 saturated carbocycles. The third-order valence-electron chi connectivity index (χ3n) is 5.05. The van der Waals surface area contributed by atoms with E-state index in [0.717, 1.165) is 0 Å². The van der Waals surface area contributed by atoms with Crippen LogP contribution >= 0.6 is 24.6 Å². The second-order valence-corrected chi connectivity index (χ2v) is 9.15. The summed E-state index contributed by atoms with van der Waals surface area (Å²) in [5, 5.41) is 57.4. The zero-order valence-corrected chi connectivity index (χ0v) is 20.8. The smallest absolute Gasteiger partial charge is 0.397 e. The molecule has 10 atom stereocenters. The minimum absolute atomic E-state index is 0.0181. The van der Waals surface area contributed by atoms with E-state index in [4.69, 9.17) is 31.9 Å². The highest BCUT2D eigenvalue weighted by Crippen LogP contribution is 2.34. The van der Waals surface area contributed by atoms with Crippen molar-refractivity contribution >= 4 is 35.0 Å². The van der Waals surface area contributed by atoms with Crippen molar-refractivity contribution in [3.8, 4) is 0 Å². The van der Waals surface area contributed by atoms with Crippen molar-refractivity contribution in [3.63, 3.8) is 0 Å². The average Bonchev–Trinajstić information content (AvgIpc) is 2.82. The molecule has 214 valence electrons. The molecule has 2 aliphatic heterocycles. The van der Waals surface area contributed by atoms with Gasteiger partial charge in [-0.3, -0.25) is 23.0 Å². The molecule has 0 aliphatic carbocycles. The molecule has 0 aromatic rings. The zero-order valence-electron chi connectivity index (χ0n) is 18.3. The molecule has 22 heteroatoms. The number of hydrogen-bond acceptors (Lipinski definition) is 20. The Bertz CT molecular complexity index is 730. The van der Waals surface area contributed by atoms with Gasteiger partial charge in [0.2, 0.25) is 0 Å². The van der Waals surface area contributed by atoms with E-state index in [2.05, 4.69) is 22.9 Å². The molecule has 36 heavy (non-hydrogen) atoms. The molecule has 19 nitrogen and oxygen atoms in total. The molecule has 0 radical (unpaired) electrons. The standard InChI is InChI=1S/C14H26O19S3/c1-5-10(28-34-32-30-18)9(17)11(7(25-5)4-24-36(20,21)22)27-14-13(29-35-33-31-19)12(23-2)8(16)6(3-15)26-14/h5-19H,3-4H2,1-2H3,(H,20,21,22)/p-2/t5-,6?,7?,8+,9?,10+,11+,12?,13-,14-/m0/s1. The lowest BCUT2D eigenvalue weighted by Gasteiger charge is -2.47. The van der Waals surface area contributed by atoms with Crippen molar-refractivity contribution in [1.82, 2.24) is 0 Å². The van der Waals surface area contributed by atoms with E-state index < -0.39 is 84.8 Å². The van der Waals surface area contributed by atoms with Crippen LogP contribution in [0.1, 0.15) is 6.92 Å². The van der Waals surface area contributed by atoms with Gasteiger partial charge in [0, 0.05) is 7.11 Å².